The highest BCUT2D eigenvalue weighted by molar-refractivity contribution is 6.00. The number of nitrogens with one attached hydrogen (secondary N) is 2. The molecule has 4 N–H and O–H groups in total. The van der Waals surface area contributed by atoms with Crippen LogP contribution in [0.3, 0.4) is 0 Å². The highest BCUT2D eigenvalue weighted by Crippen LogP contribution is 2.26. The van der Waals surface area contributed by atoms with Crippen molar-refractivity contribution in [3.8, 4) is 5.75 Å². The van der Waals surface area contributed by atoms with E-state index >= 15 is 0 Å². The van der Waals surface area contributed by atoms with E-state index in [-0.39, 0.29) is 25.5 Å². The van der Waals surface area contributed by atoms with Crippen LogP contribution in [0.5, 0.6) is 5.75 Å². The van der Waals surface area contributed by atoms with Crippen molar-refractivity contribution in [2.45, 2.75) is 0 Å². The Morgan fingerprint density at radius 1 is 1.38 bits per heavy atom. The Bertz CT molecular complexity index is 572. The van der Waals surface area contributed by atoms with Gasteiger partial charge in [0.25, 0.3) is 0 Å². The van der Waals surface area contributed by atoms with Gasteiger partial charge >= 0.3 is 0 Å². The topological polar surface area (TPSA) is 114 Å². The fraction of sp³-hybridized carbons (Fsp3) is 0.308. The van der Waals surface area contributed by atoms with E-state index in [0.29, 0.717) is 17.1 Å². The van der Waals surface area contributed by atoms with Gasteiger partial charge < -0.3 is 15.8 Å². The number of carbonyl (C=O) groups excluding carboxylic acids is 3. The Labute approximate surface area is 121 Å². The zero-order chi connectivity index (χ0) is 15.4. The Kier molecular flexibility index (Phi) is 4.39. The van der Waals surface area contributed by atoms with Crippen molar-refractivity contribution in [2.75, 3.05) is 37.8 Å². The van der Waals surface area contributed by atoms with Gasteiger partial charge in [-0.25, -0.2) is 0 Å². The molecule has 1 heterocycles. The van der Waals surface area contributed by atoms with Gasteiger partial charge in [-0.1, -0.05) is 0 Å². The van der Waals surface area contributed by atoms with Crippen molar-refractivity contribution in [1.82, 2.24) is 10.2 Å². The van der Waals surface area contributed by atoms with Crippen LogP contribution in [0, 0.1) is 0 Å². The normalized spacial score (nSPS) is 15.5. The summed E-state index contributed by atoms with van der Waals surface area (Å²) in [5.41, 5.74) is 6.62. The van der Waals surface area contributed by atoms with E-state index < -0.39 is 11.8 Å². The number of nitrogen functional groups attached to an aromatic ring is 1. The Balaban J connectivity index is 1.98. The van der Waals surface area contributed by atoms with Crippen molar-refractivity contribution in [1.29, 1.82) is 0 Å². The first-order valence-corrected chi connectivity index (χ1v) is 6.26. The van der Waals surface area contributed by atoms with Crippen molar-refractivity contribution in [3.05, 3.63) is 18.2 Å². The minimum Gasteiger partial charge on any atom is -0.494 e. The first-order valence-electron chi connectivity index (χ1n) is 6.26. The number of hydrogen-bond acceptors (Lipinski definition) is 6. The molecule has 0 unspecified atom stereocenters. The van der Waals surface area contributed by atoms with Crippen LogP contribution in [-0.2, 0) is 14.4 Å². The summed E-state index contributed by atoms with van der Waals surface area (Å²) in [5.74, 6) is -0.732. The maximum absolute atomic E-state index is 12.0. The molecule has 1 saturated heterocycles. The standard InChI is InChI=1S/C13H16N4O4/c1-21-10-4-8(14)2-3-9(10)15-11(18)5-17-6-12(19)16-13(20)7-17/h2-4H,5-7,14H2,1H3,(H,15,18)(H,16,19,20). The first-order chi connectivity index (χ1) is 9.97. The van der Waals surface area contributed by atoms with Crippen LogP contribution >= 0.6 is 0 Å². The molecule has 0 aromatic heterocycles. The van der Waals surface area contributed by atoms with Gasteiger partial charge in [0, 0.05) is 11.8 Å². The van der Waals surface area contributed by atoms with E-state index in [4.69, 9.17) is 10.5 Å². The fourth-order valence-corrected chi connectivity index (χ4v) is 2.01. The van der Waals surface area contributed by atoms with Crippen molar-refractivity contribution in [2.24, 2.45) is 0 Å². The number of hydrogen-bond donors (Lipinski definition) is 3. The van der Waals surface area contributed by atoms with Crippen LogP contribution in [0.4, 0.5) is 11.4 Å². The largest absolute Gasteiger partial charge is 0.494 e. The minimum absolute atomic E-state index is 0.0119. The molecule has 0 radical (unpaired) electrons. The molecule has 1 aromatic rings. The molecule has 0 bridgehead atoms. The second kappa shape index (κ2) is 6.23. The molecular weight excluding hydrogens is 276 g/mol. The van der Waals surface area contributed by atoms with E-state index in [1.54, 1.807) is 18.2 Å². The van der Waals surface area contributed by atoms with Crippen LogP contribution in [0.25, 0.3) is 0 Å². The van der Waals surface area contributed by atoms with Gasteiger partial charge in [-0.05, 0) is 12.1 Å². The molecule has 0 saturated carbocycles. The van der Waals surface area contributed by atoms with Gasteiger partial charge in [-0.15, -0.1) is 0 Å². The van der Waals surface area contributed by atoms with Gasteiger partial charge in [0.15, 0.2) is 0 Å². The maximum atomic E-state index is 12.0. The third-order valence-corrected chi connectivity index (χ3v) is 2.88. The molecule has 1 aromatic carbocycles. The van der Waals surface area contributed by atoms with E-state index in [1.165, 1.54) is 12.0 Å². The summed E-state index contributed by atoms with van der Waals surface area (Å²) in [5, 5.41) is 4.83. The van der Waals surface area contributed by atoms with E-state index in [2.05, 4.69) is 10.6 Å². The van der Waals surface area contributed by atoms with Crippen LogP contribution < -0.4 is 21.1 Å². The first kappa shape index (κ1) is 14.8. The van der Waals surface area contributed by atoms with E-state index in [9.17, 15) is 14.4 Å². The van der Waals surface area contributed by atoms with Gasteiger partial charge in [0.2, 0.25) is 17.7 Å². The third-order valence-electron chi connectivity index (χ3n) is 2.88. The predicted octanol–water partition coefficient (Wildman–Crippen LogP) is -0.826. The second-order valence-corrected chi connectivity index (χ2v) is 4.62. The number of nitrogens with zero attached hydrogens (tertiary/aromatic N) is 1. The zero-order valence-corrected chi connectivity index (χ0v) is 11.5. The zero-order valence-electron chi connectivity index (χ0n) is 11.5. The number of piperazine rings is 1. The number of rotatable bonds is 4. The van der Waals surface area contributed by atoms with Gasteiger partial charge in [0.05, 0.1) is 32.4 Å². The summed E-state index contributed by atoms with van der Waals surface area (Å²) in [6, 6.07) is 4.85. The lowest BCUT2D eigenvalue weighted by molar-refractivity contribution is -0.136. The summed E-state index contributed by atoms with van der Waals surface area (Å²) in [7, 11) is 1.47. The average Bonchev–Trinajstić information content (AvgIpc) is 2.39. The lowest BCUT2D eigenvalue weighted by Crippen LogP contribution is -2.53. The molecule has 0 aliphatic carbocycles. The van der Waals surface area contributed by atoms with E-state index in [0.717, 1.165) is 0 Å². The molecule has 112 valence electrons. The Hall–Kier alpha value is -2.61. The Morgan fingerprint density at radius 3 is 2.67 bits per heavy atom. The number of anilines is 2. The van der Waals surface area contributed by atoms with Crippen LogP contribution in [0.1, 0.15) is 0 Å². The molecule has 2 rings (SSSR count). The maximum Gasteiger partial charge on any atom is 0.240 e. The highest BCUT2D eigenvalue weighted by Gasteiger charge is 2.24. The summed E-state index contributed by atoms with van der Waals surface area (Å²) in [4.78, 5) is 35.9. The molecule has 1 aliphatic rings. The number of benzene rings is 1. The number of methoxy groups -OCH3 is 1. The van der Waals surface area contributed by atoms with Gasteiger partial charge in [-0.3, -0.25) is 24.6 Å². The smallest absolute Gasteiger partial charge is 0.240 e. The summed E-state index contributed by atoms with van der Waals surface area (Å²) in [6.45, 7) is -0.0389. The molecule has 21 heavy (non-hydrogen) atoms. The monoisotopic (exact) mass is 292 g/mol. The van der Waals surface area contributed by atoms with Gasteiger partial charge in [0.1, 0.15) is 5.75 Å². The minimum atomic E-state index is -0.413. The van der Waals surface area contributed by atoms with Crippen LogP contribution in [-0.4, -0.2) is 49.4 Å². The molecule has 0 atom stereocenters. The molecule has 8 nitrogen and oxygen atoms in total. The molecule has 8 heteroatoms. The SMILES string of the molecule is COc1cc(N)ccc1NC(=O)CN1CC(=O)NC(=O)C1. The van der Waals surface area contributed by atoms with Crippen LogP contribution in [0.15, 0.2) is 18.2 Å². The van der Waals surface area contributed by atoms with Crippen molar-refractivity contribution >= 4 is 29.1 Å². The second-order valence-electron chi connectivity index (χ2n) is 4.62. The molecular formula is C13H16N4O4. The number of carbonyl (C=O) groups is 3. The number of nitrogens with two attached hydrogens (primary N) is 1. The number of imide groups is 1. The molecule has 1 fully saturated rings. The highest BCUT2D eigenvalue weighted by atomic mass is 16.5. The molecule has 1 aliphatic heterocycles. The summed E-state index contributed by atoms with van der Waals surface area (Å²) in [6.07, 6.45) is 0. The average molecular weight is 292 g/mol. The van der Waals surface area contributed by atoms with Crippen LogP contribution in [0.2, 0.25) is 0 Å². The fourth-order valence-electron chi connectivity index (χ4n) is 2.01. The third kappa shape index (κ3) is 3.93. The Morgan fingerprint density at radius 2 is 2.05 bits per heavy atom. The summed E-state index contributed by atoms with van der Waals surface area (Å²) >= 11 is 0. The van der Waals surface area contributed by atoms with Crippen molar-refractivity contribution in [3.63, 3.8) is 0 Å². The molecule has 0 spiro atoms. The van der Waals surface area contributed by atoms with E-state index in [1.807, 2.05) is 0 Å². The number of ether oxygens (including phenoxy) is 1. The van der Waals surface area contributed by atoms with Gasteiger partial charge in [-0.2, -0.15) is 0 Å². The lowest BCUT2D eigenvalue weighted by atomic mass is 10.2. The quantitative estimate of drug-likeness (QED) is 0.493. The molecule has 3 amide bonds. The lowest BCUT2D eigenvalue weighted by Gasteiger charge is -2.24. The summed E-state index contributed by atoms with van der Waals surface area (Å²) < 4.78 is 5.12. The van der Waals surface area contributed by atoms with Crippen molar-refractivity contribution < 1.29 is 19.1 Å². The number of amides is 3. The predicted molar refractivity (Wildman–Crippen MR) is 75.6 cm³/mol.